The van der Waals surface area contributed by atoms with E-state index in [1.807, 2.05) is 0 Å². The van der Waals surface area contributed by atoms with Gasteiger partial charge >= 0.3 is 0 Å². The molecule has 2 rings (SSSR count). The smallest absolute Gasteiger partial charge is 0.250 e. The van der Waals surface area contributed by atoms with Gasteiger partial charge in [-0.05, 0) is 37.8 Å². The summed E-state index contributed by atoms with van der Waals surface area (Å²) in [6.07, 6.45) is 4.04. The molecular weight excluding hydrogens is 242 g/mol. The molecule has 5 nitrogen and oxygen atoms in total. The largest absolute Gasteiger partial charge is 0.397 e. The fraction of sp³-hybridized carbons (Fsp3) is 0.500. The van der Waals surface area contributed by atoms with Crippen molar-refractivity contribution in [1.82, 2.24) is 0 Å². The number of aliphatic hydroxyl groups excluding tert-OH is 1. The van der Waals surface area contributed by atoms with Crippen molar-refractivity contribution in [2.75, 3.05) is 23.8 Å². The first-order valence-electron chi connectivity index (χ1n) is 6.71. The Kier molecular flexibility index (Phi) is 4.27. The van der Waals surface area contributed by atoms with Gasteiger partial charge < -0.3 is 21.5 Å². The molecule has 5 heteroatoms. The lowest BCUT2D eigenvalue weighted by molar-refractivity contribution is 0.100. The van der Waals surface area contributed by atoms with E-state index in [0.717, 1.165) is 18.5 Å². The van der Waals surface area contributed by atoms with Gasteiger partial charge in [-0.15, -0.1) is 0 Å². The number of nitrogens with two attached hydrogens (primary N) is 2. The minimum absolute atomic E-state index is 0.127. The number of nitrogens with zero attached hydrogens (tertiary/aromatic N) is 1. The molecular formula is C14H21N3O2. The zero-order valence-corrected chi connectivity index (χ0v) is 11.0. The number of para-hydroxylation sites is 1. The molecule has 0 radical (unpaired) electrons. The van der Waals surface area contributed by atoms with E-state index < -0.39 is 5.91 Å². The summed E-state index contributed by atoms with van der Waals surface area (Å²) in [5.74, 6) is -0.462. The van der Waals surface area contributed by atoms with Crippen molar-refractivity contribution in [1.29, 1.82) is 0 Å². The van der Waals surface area contributed by atoms with Crippen molar-refractivity contribution in [2.45, 2.75) is 31.7 Å². The molecule has 5 N–H and O–H groups in total. The average molecular weight is 263 g/mol. The third-order valence-electron chi connectivity index (χ3n) is 3.69. The molecule has 1 aliphatic rings. The third-order valence-corrected chi connectivity index (χ3v) is 3.69. The lowest BCUT2D eigenvalue weighted by Crippen LogP contribution is -2.42. The van der Waals surface area contributed by atoms with Crippen LogP contribution >= 0.6 is 0 Å². The monoisotopic (exact) mass is 263 g/mol. The van der Waals surface area contributed by atoms with Crippen molar-refractivity contribution in [3.05, 3.63) is 23.8 Å². The van der Waals surface area contributed by atoms with Gasteiger partial charge in [0.1, 0.15) is 0 Å². The Morgan fingerprint density at radius 2 is 2.16 bits per heavy atom. The average Bonchev–Trinajstić information content (AvgIpc) is 2.32. The maximum atomic E-state index is 11.6. The summed E-state index contributed by atoms with van der Waals surface area (Å²) in [5, 5.41) is 9.03. The fourth-order valence-electron chi connectivity index (χ4n) is 2.50. The van der Waals surface area contributed by atoms with E-state index in [4.69, 9.17) is 16.6 Å². The third kappa shape index (κ3) is 2.81. The van der Waals surface area contributed by atoms with Crippen LogP contribution in [0.5, 0.6) is 0 Å². The quantitative estimate of drug-likeness (QED) is 0.670. The standard InChI is InChI=1S/C14H21N3O2/c15-12-7-2-6-11(14(16)19)13(12)17(8-3-9-18)10-4-1-5-10/h2,6-7,10,18H,1,3-5,8-9,15H2,(H2,16,19). The van der Waals surface area contributed by atoms with Gasteiger partial charge in [0.05, 0.1) is 16.9 Å². The predicted molar refractivity (Wildman–Crippen MR) is 76.1 cm³/mol. The molecule has 1 aromatic rings. The number of carbonyl (C=O) groups excluding carboxylic acids is 1. The molecule has 0 aromatic heterocycles. The zero-order valence-electron chi connectivity index (χ0n) is 11.0. The molecule has 104 valence electrons. The second-order valence-corrected chi connectivity index (χ2v) is 4.96. The summed E-state index contributed by atoms with van der Waals surface area (Å²) in [6.45, 7) is 0.817. The second kappa shape index (κ2) is 5.93. The summed E-state index contributed by atoms with van der Waals surface area (Å²) in [5.41, 5.74) is 13.2. The Bertz CT molecular complexity index is 458. The molecule has 0 atom stereocenters. The van der Waals surface area contributed by atoms with Crippen molar-refractivity contribution in [2.24, 2.45) is 5.73 Å². The van der Waals surface area contributed by atoms with Gasteiger partial charge in [0, 0.05) is 19.2 Å². The molecule has 1 saturated carbocycles. The summed E-state index contributed by atoms with van der Waals surface area (Å²) in [7, 11) is 0. The minimum Gasteiger partial charge on any atom is -0.397 e. The highest BCUT2D eigenvalue weighted by molar-refractivity contribution is 6.01. The Hall–Kier alpha value is -1.75. The first kappa shape index (κ1) is 13.7. The SMILES string of the molecule is NC(=O)c1cccc(N)c1N(CCCO)C1CCC1. The normalized spacial score (nSPS) is 15.0. The number of benzene rings is 1. The molecule has 0 spiro atoms. The lowest BCUT2D eigenvalue weighted by Gasteiger charge is -2.40. The van der Waals surface area contributed by atoms with Crippen molar-refractivity contribution >= 4 is 17.3 Å². The Morgan fingerprint density at radius 3 is 2.68 bits per heavy atom. The van der Waals surface area contributed by atoms with Crippen LogP contribution < -0.4 is 16.4 Å². The molecule has 0 saturated heterocycles. The van der Waals surface area contributed by atoms with E-state index in [-0.39, 0.29) is 6.61 Å². The van der Waals surface area contributed by atoms with Gasteiger partial charge in [-0.2, -0.15) is 0 Å². The van der Waals surface area contributed by atoms with Crippen LogP contribution in [0.15, 0.2) is 18.2 Å². The summed E-state index contributed by atoms with van der Waals surface area (Å²) in [4.78, 5) is 13.7. The first-order valence-corrected chi connectivity index (χ1v) is 6.71. The van der Waals surface area contributed by atoms with Crippen molar-refractivity contribution in [3.63, 3.8) is 0 Å². The Balaban J connectivity index is 2.36. The summed E-state index contributed by atoms with van der Waals surface area (Å²) < 4.78 is 0. The zero-order chi connectivity index (χ0) is 13.8. The maximum Gasteiger partial charge on any atom is 0.250 e. The molecule has 1 aliphatic carbocycles. The van der Waals surface area contributed by atoms with Crippen LogP contribution in [0.2, 0.25) is 0 Å². The number of hydrogen-bond acceptors (Lipinski definition) is 4. The van der Waals surface area contributed by atoms with E-state index in [1.54, 1.807) is 18.2 Å². The van der Waals surface area contributed by atoms with Gasteiger partial charge in [0.2, 0.25) is 0 Å². The number of aliphatic hydroxyl groups is 1. The highest BCUT2D eigenvalue weighted by Crippen LogP contribution is 2.35. The Morgan fingerprint density at radius 1 is 1.42 bits per heavy atom. The molecule has 0 heterocycles. The van der Waals surface area contributed by atoms with Gasteiger partial charge in [-0.1, -0.05) is 6.07 Å². The van der Waals surface area contributed by atoms with Gasteiger partial charge in [-0.3, -0.25) is 4.79 Å². The lowest BCUT2D eigenvalue weighted by atomic mass is 9.90. The number of anilines is 2. The number of nitrogen functional groups attached to an aromatic ring is 1. The van der Waals surface area contributed by atoms with Crippen LogP contribution in [0.25, 0.3) is 0 Å². The number of rotatable bonds is 6. The van der Waals surface area contributed by atoms with E-state index in [2.05, 4.69) is 4.90 Å². The van der Waals surface area contributed by atoms with Crippen molar-refractivity contribution < 1.29 is 9.90 Å². The van der Waals surface area contributed by atoms with Crippen LogP contribution in [0, 0.1) is 0 Å². The molecule has 19 heavy (non-hydrogen) atoms. The second-order valence-electron chi connectivity index (χ2n) is 4.96. The molecule has 0 unspecified atom stereocenters. The summed E-state index contributed by atoms with van der Waals surface area (Å²) in [6, 6.07) is 5.63. The first-order chi connectivity index (χ1) is 9.15. The van der Waals surface area contributed by atoms with E-state index in [0.29, 0.717) is 30.3 Å². The van der Waals surface area contributed by atoms with Crippen LogP contribution in [0.1, 0.15) is 36.0 Å². The predicted octanol–water partition coefficient (Wildman–Crippen LogP) is 1.11. The van der Waals surface area contributed by atoms with E-state index in [9.17, 15) is 4.79 Å². The van der Waals surface area contributed by atoms with Crippen LogP contribution in [-0.4, -0.2) is 30.2 Å². The highest BCUT2D eigenvalue weighted by Gasteiger charge is 2.28. The van der Waals surface area contributed by atoms with E-state index >= 15 is 0 Å². The molecule has 1 amide bonds. The molecule has 0 aliphatic heterocycles. The molecule has 1 fully saturated rings. The number of primary amides is 1. The fourth-order valence-corrected chi connectivity index (χ4v) is 2.50. The molecule has 1 aromatic carbocycles. The minimum atomic E-state index is -0.462. The maximum absolute atomic E-state index is 11.6. The van der Waals surface area contributed by atoms with Crippen LogP contribution in [-0.2, 0) is 0 Å². The van der Waals surface area contributed by atoms with Gasteiger partial charge in [0.25, 0.3) is 5.91 Å². The highest BCUT2D eigenvalue weighted by atomic mass is 16.3. The molecule has 0 bridgehead atoms. The Labute approximate surface area is 113 Å². The summed E-state index contributed by atoms with van der Waals surface area (Å²) >= 11 is 0. The van der Waals surface area contributed by atoms with Crippen LogP contribution in [0.3, 0.4) is 0 Å². The van der Waals surface area contributed by atoms with Gasteiger partial charge in [0.15, 0.2) is 0 Å². The number of hydrogen-bond donors (Lipinski definition) is 3. The number of amides is 1. The van der Waals surface area contributed by atoms with E-state index in [1.165, 1.54) is 6.42 Å². The van der Waals surface area contributed by atoms with Crippen LogP contribution in [0.4, 0.5) is 11.4 Å². The van der Waals surface area contributed by atoms with Crippen molar-refractivity contribution in [3.8, 4) is 0 Å². The van der Waals surface area contributed by atoms with Gasteiger partial charge in [-0.25, -0.2) is 0 Å². The topological polar surface area (TPSA) is 92.6 Å². The number of carbonyl (C=O) groups is 1.